The Labute approximate surface area is 145 Å². The third-order valence-corrected chi connectivity index (χ3v) is 6.14. The summed E-state index contributed by atoms with van der Waals surface area (Å²) in [6.07, 6.45) is 1.66. The van der Waals surface area contributed by atoms with Gasteiger partial charge in [-0.3, -0.25) is 14.5 Å². The molecule has 0 aliphatic carbocycles. The van der Waals surface area contributed by atoms with Crippen LogP contribution in [-0.4, -0.2) is 42.7 Å². The van der Waals surface area contributed by atoms with Gasteiger partial charge >= 0.3 is 0 Å². The van der Waals surface area contributed by atoms with Crippen LogP contribution in [0.3, 0.4) is 0 Å². The summed E-state index contributed by atoms with van der Waals surface area (Å²) in [6.45, 7) is 3.28. The second-order valence-electron chi connectivity index (χ2n) is 6.16. The van der Waals surface area contributed by atoms with Gasteiger partial charge in [-0.05, 0) is 44.1 Å². The van der Waals surface area contributed by atoms with Crippen LogP contribution >= 0.6 is 0 Å². The van der Waals surface area contributed by atoms with Crippen molar-refractivity contribution in [3.63, 3.8) is 0 Å². The number of nitriles is 1. The number of carbonyl (C=O) groups excluding carboxylic acids is 2. The first-order valence-electron chi connectivity index (χ1n) is 7.71. The van der Waals surface area contributed by atoms with Crippen LogP contribution in [0.1, 0.15) is 24.9 Å². The lowest BCUT2D eigenvalue weighted by Crippen LogP contribution is -2.49. The third kappa shape index (κ3) is 3.03. The minimum Gasteiger partial charge on any atom is -0.462 e. The van der Waals surface area contributed by atoms with Crippen molar-refractivity contribution in [2.45, 2.75) is 26.3 Å². The largest absolute Gasteiger partial charge is 0.462 e. The van der Waals surface area contributed by atoms with Gasteiger partial charge in [-0.25, -0.2) is 8.42 Å². The molecule has 130 valence electrons. The van der Waals surface area contributed by atoms with E-state index in [0.717, 1.165) is 4.90 Å². The van der Waals surface area contributed by atoms with Crippen molar-refractivity contribution in [2.75, 3.05) is 11.5 Å². The van der Waals surface area contributed by atoms with E-state index in [0.29, 0.717) is 11.5 Å². The fraction of sp³-hybridized carbons (Fsp3) is 0.353. The van der Waals surface area contributed by atoms with E-state index < -0.39 is 27.7 Å². The van der Waals surface area contributed by atoms with Crippen molar-refractivity contribution >= 4 is 27.7 Å². The minimum absolute atomic E-state index is 0.0737. The molecule has 3 heterocycles. The zero-order valence-corrected chi connectivity index (χ0v) is 14.6. The summed E-state index contributed by atoms with van der Waals surface area (Å²) < 4.78 is 28.9. The Morgan fingerprint density at radius 2 is 2.00 bits per heavy atom. The Morgan fingerprint density at radius 3 is 2.52 bits per heavy atom. The van der Waals surface area contributed by atoms with Gasteiger partial charge < -0.3 is 4.42 Å². The summed E-state index contributed by atoms with van der Waals surface area (Å²) >= 11 is 0. The molecule has 0 radical (unpaired) electrons. The Hall–Kier alpha value is -2.66. The first-order chi connectivity index (χ1) is 11.7. The summed E-state index contributed by atoms with van der Waals surface area (Å²) in [5, 5.41) is 9.33. The Kier molecular flexibility index (Phi) is 4.13. The molecule has 1 atom stereocenters. The predicted octanol–water partition coefficient (Wildman–Crippen LogP) is 1.37. The number of hydrogen-bond donors (Lipinski definition) is 0. The Bertz CT molecular complexity index is 975. The van der Waals surface area contributed by atoms with Gasteiger partial charge in [-0.1, -0.05) is 0 Å². The highest BCUT2D eigenvalue weighted by Gasteiger charge is 2.43. The molecule has 0 unspecified atom stereocenters. The molecule has 7 nitrogen and oxygen atoms in total. The van der Waals surface area contributed by atoms with Gasteiger partial charge in [0.25, 0.3) is 11.8 Å². The molecule has 3 rings (SSSR count). The van der Waals surface area contributed by atoms with E-state index in [1.807, 2.05) is 6.07 Å². The Morgan fingerprint density at radius 1 is 1.28 bits per heavy atom. The number of furan rings is 1. The monoisotopic (exact) mass is 360 g/mol. The molecule has 2 aliphatic heterocycles. The smallest absolute Gasteiger partial charge is 0.271 e. The van der Waals surface area contributed by atoms with Crippen molar-refractivity contribution in [2.24, 2.45) is 0 Å². The Balaban J connectivity index is 2.08. The van der Waals surface area contributed by atoms with Gasteiger partial charge in [0.1, 0.15) is 23.2 Å². The normalized spacial score (nSPS) is 24.9. The van der Waals surface area contributed by atoms with Crippen LogP contribution in [0.2, 0.25) is 0 Å². The number of amides is 2. The molecule has 0 spiro atoms. The molecule has 1 fully saturated rings. The van der Waals surface area contributed by atoms with Gasteiger partial charge in [-0.2, -0.15) is 5.26 Å². The van der Waals surface area contributed by atoms with Crippen LogP contribution in [0.25, 0.3) is 6.08 Å². The standard InChI is InChI=1S/C17H16N2O5S/c1-10-3-4-13(24-10)7-14-11(2)15(8-18)17(21)19(16(14)20)12-5-6-25(22,23)9-12/h3-4,7,12H,5-6,9H2,1-2H3/b14-7+/t12-/m1/s1. The molecular weight excluding hydrogens is 344 g/mol. The molecule has 0 N–H and O–H groups in total. The molecule has 2 amide bonds. The van der Waals surface area contributed by atoms with Gasteiger partial charge in [0.15, 0.2) is 9.84 Å². The van der Waals surface area contributed by atoms with Crippen LogP contribution in [0, 0.1) is 18.3 Å². The average molecular weight is 360 g/mol. The summed E-state index contributed by atoms with van der Waals surface area (Å²) in [4.78, 5) is 26.3. The second-order valence-corrected chi connectivity index (χ2v) is 8.38. The number of rotatable bonds is 2. The molecule has 2 aliphatic rings. The molecule has 0 aromatic carbocycles. The third-order valence-electron chi connectivity index (χ3n) is 4.39. The van der Waals surface area contributed by atoms with E-state index >= 15 is 0 Å². The van der Waals surface area contributed by atoms with Crippen LogP contribution < -0.4 is 0 Å². The maximum atomic E-state index is 12.9. The van der Waals surface area contributed by atoms with Crippen LogP contribution in [0.15, 0.2) is 33.3 Å². The second kappa shape index (κ2) is 6.01. The zero-order chi connectivity index (χ0) is 18.4. The SMILES string of the molecule is CC1=C(C#N)C(=O)N([C@@H]2CCS(=O)(=O)C2)C(=O)/C1=C/c1ccc(C)o1. The molecular formula is C17H16N2O5S. The molecule has 0 saturated carbocycles. The predicted molar refractivity (Wildman–Crippen MR) is 88.6 cm³/mol. The number of nitrogens with zero attached hydrogens (tertiary/aromatic N) is 2. The zero-order valence-electron chi connectivity index (χ0n) is 13.8. The van der Waals surface area contributed by atoms with Crippen molar-refractivity contribution in [3.05, 3.63) is 40.4 Å². The van der Waals surface area contributed by atoms with E-state index in [1.165, 1.54) is 13.0 Å². The number of carbonyl (C=O) groups is 2. The van der Waals surface area contributed by atoms with Crippen LogP contribution in [0.5, 0.6) is 0 Å². The van der Waals surface area contributed by atoms with Gasteiger partial charge in [0, 0.05) is 5.57 Å². The summed E-state index contributed by atoms with van der Waals surface area (Å²) in [7, 11) is -3.29. The minimum atomic E-state index is -3.29. The summed E-state index contributed by atoms with van der Waals surface area (Å²) in [5.74, 6) is -0.596. The van der Waals surface area contributed by atoms with Crippen molar-refractivity contribution in [1.82, 2.24) is 4.90 Å². The lowest BCUT2D eigenvalue weighted by molar-refractivity contribution is -0.142. The highest BCUT2D eigenvalue weighted by molar-refractivity contribution is 7.91. The molecule has 1 aromatic rings. The highest BCUT2D eigenvalue weighted by Crippen LogP contribution is 2.31. The van der Waals surface area contributed by atoms with Crippen LogP contribution in [0.4, 0.5) is 0 Å². The van der Waals surface area contributed by atoms with Gasteiger partial charge in [-0.15, -0.1) is 0 Å². The fourth-order valence-corrected chi connectivity index (χ4v) is 4.78. The van der Waals surface area contributed by atoms with E-state index in [2.05, 4.69) is 0 Å². The highest BCUT2D eigenvalue weighted by atomic mass is 32.2. The maximum absolute atomic E-state index is 12.9. The topological polar surface area (TPSA) is 108 Å². The first-order valence-corrected chi connectivity index (χ1v) is 9.53. The summed E-state index contributed by atoms with van der Waals surface area (Å²) in [6, 6.07) is 4.50. The summed E-state index contributed by atoms with van der Waals surface area (Å²) in [5.41, 5.74) is 0.275. The van der Waals surface area contributed by atoms with Crippen LogP contribution in [-0.2, 0) is 19.4 Å². The number of aryl methyl sites for hydroxylation is 1. The van der Waals surface area contributed by atoms with Gasteiger partial charge in [0.05, 0.1) is 17.5 Å². The van der Waals surface area contributed by atoms with Crippen molar-refractivity contribution in [3.8, 4) is 6.07 Å². The lowest BCUT2D eigenvalue weighted by atomic mass is 9.93. The van der Waals surface area contributed by atoms with Crippen molar-refractivity contribution < 1.29 is 22.4 Å². The molecule has 8 heteroatoms. The van der Waals surface area contributed by atoms with E-state index in [-0.39, 0.29) is 34.6 Å². The quantitative estimate of drug-likeness (QED) is 0.582. The van der Waals surface area contributed by atoms with E-state index in [4.69, 9.17) is 4.42 Å². The average Bonchev–Trinajstić information content (AvgIpc) is 3.10. The van der Waals surface area contributed by atoms with Crippen molar-refractivity contribution in [1.29, 1.82) is 5.26 Å². The molecule has 0 bridgehead atoms. The van der Waals surface area contributed by atoms with E-state index in [9.17, 15) is 23.3 Å². The first kappa shape index (κ1) is 17.2. The molecule has 25 heavy (non-hydrogen) atoms. The maximum Gasteiger partial charge on any atom is 0.271 e. The number of hydrogen-bond acceptors (Lipinski definition) is 6. The number of sulfone groups is 1. The number of imide groups is 1. The fourth-order valence-electron chi connectivity index (χ4n) is 3.08. The van der Waals surface area contributed by atoms with E-state index in [1.54, 1.807) is 19.1 Å². The lowest BCUT2D eigenvalue weighted by Gasteiger charge is -2.31. The molecule has 1 aromatic heterocycles. The van der Waals surface area contributed by atoms with Gasteiger partial charge in [0.2, 0.25) is 0 Å². The molecule has 1 saturated heterocycles.